The van der Waals surface area contributed by atoms with Crippen LogP contribution in [0.15, 0.2) is 23.0 Å². The molecule has 0 saturated carbocycles. The minimum Gasteiger partial charge on any atom is -0.480 e. The Kier molecular flexibility index (Phi) is 4.76. The highest BCUT2D eigenvalue weighted by molar-refractivity contribution is 5.82. The van der Waals surface area contributed by atoms with Gasteiger partial charge in [0.15, 0.2) is 0 Å². The number of nitrogens with one attached hydrogen (secondary N) is 1. The minimum atomic E-state index is -1.03. The Bertz CT molecular complexity index is 400. The Morgan fingerprint density at radius 3 is 2.61 bits per heavy atom. The van der Waals surface area contributed by atoms with E-state index in [-0.39, 0.29) is 5.92 Å². The van der Waals surface area contributed by atoms with E-state index in [1.807, 2.05) is 0 Å². The number of amides is 2. The van der Waals surface area contributed by atoms with Crippen molar-refractivity contribution in [1.29, 1.82) is 0 Å². The largest absolute Gasteiger partial charge is 0.480 e. The molecule has 0 saturated heterocycles. The standard InChI is InChI=1S/C12H18N2O4/c1-8(2)10(11(15)16)13-12(17)14(3)6-9-4-5-18-7-9/h4-5,7-8,10H,6H2,1-3H3,(H,13,17)(H,15,16)/t10-/m0/s1. The first kappa shape index (κ1) is 14.1. The molecule has 1 aromatic heterocycles. The van der Waals surface area contributed by atoms with Crippen molar-refractivity contribution < 1.29 is 19.1 Å². The number of hydrogen-bond donors (Lipinski definition) is 2. The topological polar surface area (TPSA) is 82.8 Å². The molecule has 6 heteroatoms. The van der Waals surface area contributed by atoms with Crippen molar-refractivity contribution in [1.82, 2.24) is 10.2 Å². The normalized spacial score (nSPS) is 12.2. The summed E-state index contributed by atoms with van der Waals surface area (Å²) in [6.07, 6.45) is 3.07. The number of carbonyl (C=O) groups is 2. The van der Waals surface area contributed by atoms with Gasteiger partial charge < -0.3 is 19.7 Å². The van der Waals surface area contributed by atoms with Crippen LogP contribution >= 0.6 is 0 Å². The van der Waals surface area contributed by atoms with Crippen LogP contribution in [0.5, 0.6) is 0 Å². The van der Waals surface area contributed by atoms with E-state index in [1.165, 1.54) is 11.2 Å². The first-order chi connectivity index (χ1) is 8.41. The zero-order valence-electron chi connectivity index (χ0n) is 10.7. The highest BCUT2D eigenvalue weighted by atomic mass is 16.4. The molecule has 100 valence electrons. The van der Waals surface area contributed by atoms with Gasteiger partial charge >= 0.3 is 12.0 Å². The quantitative estimate of drug-likeness (QED) is 0.834. The average molecular weight is 254 g/mol. The molecule has 0 aromatic carbocycles. The third-order valence-corrected chi connectivity index (χ3v) is 2.56. The molecule has 1 heterocycles. The van der Waals surface area contributed by atoms with Crippen molar-refractivity contribution in [2.45, 2.75) is 26.4 Å². The number of carboxylic acids is 1. The molecule has 0 bridgehead atoms. The summed E-state index contributed by atoms with van der Waals surface area (Å²) in [4.78, 5) is 24.2. The van der Waals surface area contributed by atoms with Crippen LogP contribution in [0.4, 0.5) is 4.79 Å². The fourth-order valence-corrected chi connectivity index (χ4v) is 1.49. The fraction of sp³-hybridized carbons (Fsp3) is 0.500. The smallest absolute Gasteiger partial charge is 0.326 e. The second-order valence-corrected chi connectivity index (χ2v) is 4.50. The maximum atomic E-state index is 11.8. The zero-order valence-corrected chi connectivity index (χ0v) is 10.7. The number of carbonyl (C=O) groups excluding carboxylic acids is 1. The highest BCUT2D eigenvalue weighted by Gasteiger charge is 2.24. The van der Waals surface area contributed by atoms with Crippen LogP contribution in [-0.2, 0) is 11.3 Å². The summed E-state index contributed by atoms with van der Waals surface area (Å²) in [7, 11) is 1.60. The fourth-order valence-electron chi connectivity index (χ4n) is 1.49. The SMILES string of the molecule is CC(C)[C@H](NC(=O)N(C)Cc1ccoc1)C(=O)O. The van der Waals surface area contributed by atoms with Crippen LogP contribution in [0, 0.1) is 5.92 Å². The molecule has 0 aliphatic heterocycles. The summed E-state index contributed by atoms with van der Waals surface area (Å²) in [6.45, 7) is 3.86. The lowest BCUT2D eigenvalue weighted by atomic mass is 10.1. The van der Waals surface area contributed by atoms with Crippen LogP contribution in [0.3, 0.4) is 0 Å². The first-order valence-electron chi connectivity index (χ1n) is 5.67. The molecule has 0 unspecified atom stereocenters. The van der Waals surface area contributed by atoms with E-state index in [4.69, 9.17) is 9.52 Å². The number of furan rings is 1. The summed E-state index contributed by atoms with van der Waals surface area (Å²) in [6, 6.07) is 0.447. The maximum absolute atomic E-state index is 11.8. The zero-order chi connectivity index (χ0) is 13.7. The Labute approximate surface area is 106 Å². The molecule has 1 rings (SSSR count). The second-order valence-electron chi connectivity index (χ2n) is 4.50. The van der Waals surface area contributed by atoms with Gasteiger partial charge in [-0.3, -0.25) is 0 Å². The van der Waals surface area contributed by atoms with Gasteiger partial charge in [0.05, 0.1) is 19.1 Å². The Morgan fingerprint density at radius 2 is 2.17 bits per heavy atom. The van der Waals surface area contributed by atoms with Gasteiger partial charge in [0.1, 0.15) is 6.04 Å². The van der Waals surface area contributed by atoms with Gasteiger partial charge in [-0.05, 0) is 12.0 Å². The lowest BCUT2D eigenvalue weighted by molar-refractivity contribution is -0.140. The predicted molar refractivity (Wildman–Crippen MR) is 65.0 cm³/mol. The van der Waals surface area contributed by atoms with Crippen LogP contribution < -0.4 is 5.32 Å². The van der Waals surface area contributed by atoms with Crippen molar-refractivity contribution in [3.63, 3.8) is 0 Å². The molecule has 0 aliphatic carbocycles. The maximum Gasteiger partial charge on any atom is 0.326 e. The van der Waals surface area contributed by atoms with E-state index >= 15 is 0 Å². The average Bonchev–Trinajstić information content (AvgIpc) is 2.77. The van der Waals surface area contributed by atoms with E-state index in [0.717, 1.165) is 5.56 Å². The predicted octanol–water partition coefficient (Wildman–Crippen LogP) is 1.53. The van der Waals surface area contributed by atoms with E-state index in [1.54, 1.807) is 33.2 Å². The number of urea groups is 1. The van der Waals surface area contributed by atoms with Crippen LogP contribution in [0.1, 0.15) is 19.4 Å². The van der Waals surface area contributed by atoms with Gasteiger partial charge in [-0.15, -0.1) is 0 Å². The molecule has 0 radical (unpaired) electrons. The molecular formula is C12H18N2O4. The molecular weight excluding hydrogens is 236 g/mol. The molecule has 6 nitrogen and oxygen atoms in total. The van der Waals surface area contributed by atoms with Crippen molar-refractivity contribution in [3.8, 4) is 0 Å². The summed E-state index contributed by atoms with van der Waals surface area (Å²) < 4.78 is 4.90. The highest BCUT2D eigenvalue weighted by Crippen LogP contribution is 2.06. The summed E-state index contributed by atoms with van der Waals surface area (Å²) in [5.74, 6) is -1.20. The Balaban J connectivity index is 2.56. The van der Waals surface area contributed by atoms with E-state index < -0.39 is 18.0 Å². The number of nitrogens with zero attached hydrogens (tertiary/aromatic N) is 1. The van der Waals surface area contributed by atoms with Crippen LogP contribution in [0.2, 0.25) is 0 Å². The minimum absolute atomic E-state index is 0.172. The molecule has 18 heavy (non-hydrogen) atoms. The number of aliphatic carboxylic acids is 1. The van der Waals surface area contributed by atoms with E-state index in [0.29, 0.717) is 6.54 Å². The van der Waals surface area contributed by atoms with Crippen molar-refractivity contribution >= 4 is 12.0 Å². The lowest BCUT2D eigenvalue weighted by Gasteiger charge is -2.22. The van der Waals surface area contributed by atoms with E-state index in [9.17, 15) is 9.59 Å². The van der Waals surface area contributed by atoms with Crippen LogP contribution in [0.25, 0.3) is 0 Å². The monoisotopic (exact) mass is 254 g/mol. The Morgan fingerprint density at radius 1 is 1.50 bits per heavy atom. The number of hydrogen-bond acceptors (Lipinski definition) is 3. The van der Waals surface area contributed by atoms with Crippen molar-refractivity contribution in [2.24, 2.45) is 5.92 Å². The third kappa shape index (κ3) is 3.80. The third-order valence-electron chi connectivity index (χ3n) is 2.56. The van der Waals surface area contributed by atoms with Gasteiger partial charge in [0.25, 0.3) is 0 Å². The molecule has 1 aromatic rings. The summed E-state index contributed by atoms with van der Waals surface area (Å²) in [5, 5.41) is 11.5. The molecule has 0 spiro atoms. The second kappa shape index (κ2) is 6.09. The van der Waals surface area contributed by atoms with Gasteiger partial charge in [-0.25, -0.2) is 9.59 Å². The molecule has 0 aliphatic rings. The molecule has 1 atom stereocenters. The summed E-state index contributed by atoms with van der Waals surface area (Å²) >= 11 is 0. The van der Waals surface area contributed by atoms with Crippen LogP contribution in [-0.4, -0.2) is 35.1 Å². The molecule has 0 fully saturated rings. The van der Waals surface area contributed by atoms with Gasteiger partial charge in [0.2, 0.25) is 0 Å². The summed E-state index contributed by atoms with van der Waals surface area (Å²) in [5.41, 5.74) is 0.851. The first-order valence-corrected chi connectivity index (χ1v) is 5.67. The lowest BCUT2D eigenvalue weighted by Crippen LogP contribution is -2.48. The van der Waals surface area contributed by atoms with Gasteiger partial charge in [-0.1, -0.05) is 13.8 Å². The number of rotatable bonds is 5. The van der Waals surface area contributed by atoms with Crippen molar-refractivity contribution in [2.75, 3.05) is 7.05 Å². The molecule has 2 amide bonds. The van der Waals surface area contributed by atoms with Gasteiger partial charge in [-0.2, -0.15) is 0 Å². The van der Waals surface area contributed by atoms with Gasteiger partial charge in [0, 0.05) is 12.6 Å². The van der Waals surface area contributed by atoms with E-state index in [2.05, 4.69) is 5.32 Å². The molecule has 2 N–H and O–H groups in total. The van der Waals surface area contributed by atoms with Crippen molar-refractivity contribution in [3.05, 3.63) is 24.2 Å². The Hall–Kier alpha value is -1.98. The number of carboxylic acid groups (broad SMARTS) is 1.